The van der Waals surface area contributed by atoms with Crippen molar-refractivity contribution in [1.29, 1.82) is 0 Å². The third-order valence-electron chi connectivity index (χ3n) is 3.69. The molecule has 0 amide bonds. The molecule has 26 heavy (non-hydrogen) atoms. The van der Waals surface area contributed by atoms with Crippen LogP contribution in [-0.4, -0.2) is 37.4 Å². The molecule has 0 N–H and O–H groups in total. The first-order valence-corrected chi connectivity index (χ1v) is 9.57. The van der Waals surface area contributed by atoms with E-state index < -0.39 is 10.0 Å². The van der Waals surface area contributed by atoms with E-state index in [1.807, 2.05) is 13.0 Å². The number of carbonyl (C=O) groups is 2. The van der Waals surface area contributed by atoms with Crippen molar-refractivity contribution in [3.63, 3.8) is 0 Å². The summed E-state index contributed by atoms with van der Waals surface area (Å²) in [7, 11) is -3.83. The molecule has 0 spiro atoms. The minimum absolute atomic E-state index is 0.0611. The number of Topliss-reactive ketones (excluding diaryl/α,β-unsaturated/α-hetero) is 1. The fourth-order valence-corrected chi connectivity index (χ4v) is 3.74. The average molecular weight is 371 g/mol. The molecule has 0 aliphatic rings. The predicted molar refractivity (Wildman–Crippen MR) is 101 cm³/mol. The Kier molecular flexibility index (Phi) is 6.60. The first kappa shape index (κ1) is 19.8. The van der Waals surface area contributed by atoms with Gasteiger partial charge in [-0.3, -0.25) is 9.59 Å². The van der Waals surface area contributed by atoms with Gasteiger partial charge in [0.05, 0.1) is 11.4 Å². The van der Waals surface area contributed by atoms with E-state index in [2.05, 4.69) is 0 Å². The minimum atomic E-state index is -3.83. The van der Waals surface area contributed by atoms with Gasteiger partial charge in [-0.1, -0.05) is 54.1 Å². The number of aryl methyl sites for hydroxylation is 1. The molecule has 2 aromatic rings. The summed E-state index contributed by atoms with van der Waals surface area (Å²) in [6.07, 6.45) is 2.79. The van der Waals surface area contributed by atoms with Gasteiger partial charge < -0.3 is 0 Å². The Balaban J connectivity index is 2.19. The van der Waals surface area contributed by atoms with E-state index in [1.54, 1.807) is 36.4 Å². The lowest BCUT2D eigenvalue weighted by Gasteiger charge is -2.19. The monoisotopic (exact) mass is 371 g/mol. The molecule has 2 aromatic carbocycles. The topological polar surface area (TPSA) is 71.5 Å². The van der Waals surface area contributed by atoms with Gasteiger partial charge >= 0.3 is 0 Å². The van der Waals surface area contributed by atoms with Crippen molar-refractivity contribution in [1.82, 2.24) is 4.31 Å². The number of benzene rings is 2. The Bertz CT molecular complexity index is 901. The first-order valence-electron chi connectivity index (χ1n) is 8.13. The highest BCUT2D eigenvalue weighted by atomic mass is 32.2. The minimum Gasteiger partial charge on any atom is -0.299 e. The van der Waals surface area contributed by atoms with Crippen LogP contribution in [0.5, 0.6) is 0 Å². The standard InChI is InChI=1S/C20H21NO4S/c1-16-10-12-19(13-11-16)26(24,25)21(15-17(2)22)14-6-9-20(23)18-7-4-3-5-8-18/h3-13H,14-15H2,1-2H3/b9-6-. The molecule has 0 radical (unpaired) electrons. The summed E-state index contributed by atoms with van der Waals surface area (Å²) in [6, 6.07) is 15.1. The van der Waals surface area contributed by atoms with Gasteiger partial charge in [0.25, 0.3) is 0 Å². The lowest BCUT2D eigenvalue weighted by molar-refractivity contribution is -0.117. The van der Waals surface area contributed by atoms with Crippen LogP contribution in [0.1, 0.15) is 22.8 Å². The molecular weight excluding hydrogens is 350 g/mol. The van der Waals surface area contributed by atoms with Gasteiger partial charge in [-0.2, -0.15) is 4.31 Å². The van der Waals surface area contributed by atoms with E-state index in [4.69, 9.17) is 0 Å². The molecule has 0 aliphatic heterocycles. The van der Waals surface area contributed by atoms with E-state index in [-0.39, 0.29) is 29.6 Å². The fraction of sp³-hybridized carbons (Fsp3) is 0.200. The molecule has 0 atom stereocenters. The van der Waals surface area contributed by atoms with E-state index in [0.717, 1.165) is 9.87 Å². The Morgan fingerprint density at radius 2 is 1.62 bits per heavy atom. The molecule has 0 saturated carbocycles. The number of ketones is 2. The SMILES string of the molecule is CC(=O)CN(C/C=C\C(=O)c1ccccc1)S(=O)(=O)c1ccc(C)cc1. The lowest BCUT2D eigenvalue weighted by Crippen LogP contribution is -2.35. The summed E-state index contributed by atoms with van der Waals surface area (Å²) in [5.74, 6) is -0.496. The average Bonchev–Trinajstić information content (AvgIpc) is 2.61. The van der Waals surface area contributed by atoms with Gasteiger partial charge in [0.2, 0.25) is 10.0 Å². The van der Waals surface area contributed by atoms with Crippen molar-refractivity contribution >= 4 is 21.6 Å². The largest absolute Gasteiger partial charge is 0.299 e. The molecule has 0 aliphatic carbocycles. The maximum Gasteiger partial charge on any atom is 0.243 e. The van der Waals surface area contributed by atoms with Crippen molar-refractivity contribution in [3.8, 4) is 0 Å². The van der Waals surface area contributed by atoms with Crippen LogP contribution in [0.25, 0.3) is 0 Å². The zero-order chi connectivity index (χ0) is 19.2. The quantitative estimate of drug-likeness (QED) is 0.528. The highest BCUT2D eigenvalue weighted by Crippen LogP contribution is 2.16. The highest BCUT2D eigenvalue weighted by Gasteiger charge is 2.24. The van der Waals surface area contributed by atoms with Crippen molar-refractivity contribution in [2.45, 2.75) is 18.7 Å². The number of allylic oxidation sites excluding steroid dienone is 1. The van der Waals surface area contributed by atoms with Gasteiger partial charge in [0, 0.05) is 12.1 Å². The predicted octanol–water partition coefficient (Wildman–Crippen LogP) is 3.01. The third kappa shape index (κ3) is 5.21. The van der Waals surface area contributed by atoms with Crippen LogP contribution in [0.3, 0.4) is 0 Å². The summed E-state index contributed by atoms with van der Waals surface area (Å²) in [5.41, 5.74) is 1.46. The fourth-order valence-electron chi connectivity index (χ4n) is 2.33. The summed E-state index contributed by atoms with van der Waals surface area (Å²) >= 11 is 0. The molecule has 2 rings (SSSR count). The lowest BCUT2D eigenvalue weighted by atomic mass is 10.1. The molecule has 0 bridgehead atoms. The number of rotatable bonds is 8. The molecule has 0 aromatic heterocycles. The van der Waals surface area contributed by atoms with Crippen LogP contribution >= 0.6 is 0 Å². The Morgan fingerprint density at radius 1 is 1.00 bits per heavy atom. The molecular formula is C20H21NO4S. The van der Waals surface area contributed by atoms with Crippen LogP contribution in [0, 0.1) is 6.92 Å². The van der Waals surface area contributed by atoms with Gasteiger partial charge in [0.1, 0.15) is 5.78 Å². The second-order valence-electron chi connectivity index (χ2n) is 5.95. The smallest absolute Gasteiger partial charge is 0.243 e. The van der Waals surface area contributed by atoms with E-state index in [0.29, 0.717) is 5.56 Å². The molecule has 0 unspecified atom stereocenters. The molecule has 136 valence electrons. The second-order valence-corrected chi connectivity index (χ2v) is 7.88. The summed E-state index contributed by atoms with van der Waals surface area (Å²) in [6.45, 7) is 2.88. The maximum atomic E-state index is 12.8. The first-order chi connectivity index (χ1) is 12.3. The maximum absolute atomic E-state index is 12.8. The normalized spacial score (nSPS) is 11.8. The molecule has 6 heteroatoms. The van der Waals surface area contributed by atoms with E-state index in [1.165, 1.54) is 31.2 Å². The Hall–Kier alpha value is -2.57. The number of carbonyl (C=O) groups excluding carboxylic acids is 2. The van der Waals surface area contributed by atoms with Crippen LogP contribution in [0.2, 0.25) is 0 Å². The van der Waals surface area contributed by atoms with Gasteiger partial charge in [0.15, 0.2) is 5.78 Å². The van der Waals surface area contributed by atoms with Crippen molar-refractivity contribution < 1.29 is 18.0 Å². The van der Waals surface area contributed by atoms with Crippen molar-refractivity contribution in [2.75, 3.05) is 13.1 Å². The molecule has 0 heterocycles. The van der Waals surface area contributed by atoms with Gasteiger partial charge in [-0.05, 0) is 32.1 Å². The number of sulfonamides is 1. The Labute approximate surface area is 154 Å². The Morgan fingerprint density at radius 3 is 2.19 bits per heavy atom. The number of nitrogens with zero attached hydrogens (tertiary/aromatic N) is 1. The summed E-state index contributed by atoms with van der Waals surface area (Å²) < 4.78 is 26.6. The molecule has 0 fully saturated rings. The van der Waals surface area contributed by atoms with E-state index >= 15 is 0 Å². The van der Waals surface area contributed by atoms with Crippen LogP contribution < -0.4 is 0 Å². The van der Waals surface area contributed by atoms with Gasteiger partial charge in [-0.15, -0.1) is 0 Å². The van der Waals surface area contributed by atoms with Crippen LogP contribution in [0.4, 0.5) is 0 Å². The zero-order valence-corrected chi connectivity index (χ0v) is 15.6. The van der Waals surface area contributed by atoms with Crippen molar-refractivity contribution in [3.05, 3.63) is 77.9 Å². The third-order valence-corrected chi connectivity index (χ3v) is 5.52. The molecule has 5 nitrogen and oxygen atoms in total. The molecule has 0 saturated heterocycles. The summed E-state index contributed by atoms with van der Waals surface area (Å²) in [5, 5.41) is 0. The zero-order valence-electron chi connectivity index (χ0n) is 14.8. The van der Waals surface area contributed by atoms with Gasteiger partial charge in [-0.25, -0.2) is 8.42 Å². The summed E-state index contributed by atoms with van der Waals surface area (Å²) in [4.78, 5) is 23.7. The van der Waals surface area contributed by atoms with E-state index in [9.17, 15) is 18.0 Å². The van der Waals surface area contributed by atoms with Crippen molar-refractivity contribution in [2.24, 2.45) is 0 Å². The number of hydrogen-bond donors (Lipinski definition) is 0. The highest BCUT2D eigenvalue weighted by molar-refractivity contribution is 7.89. The second kappa shape index (κ2) is 8.69. The van der Waals surface area contributed by atoms with Crippen LogP contribution in [0.15, 0.2) is 71.6 Å². The number of hydrogen-bond acceptors (Lipinski definition) is 4. The van der Waals surface area contributed by atoms with Crippen LogP contribution in [-0.2, 0) is 14.8 Å².